The number of nitrogens with two attached hydrogens (primary N) is 1. The van der Waals surface area contributed by atoms with Crippen LogP contribution in [0, 0.1) is 0 Å². The van der Waals surface area contributed by atoms with Gasteiger partial charge in [0.15, 0.2) is 0 Å². The van der Waals surface area contributed by atoms with Crippen molar-refractivity contribution in [1.29, 1.82) is 0 Å². The number of amides is 1. The number of nitrogens with one attached hydrogen (secondary N) is 1. The first-order chi connectivity index (χ1) is 9.99. The number of unbranched alkanes of at least 4 members (excludes halogenated alkanes) is 1. The number of carboxylic acid groups (broad SMARTS) is 1. The Bertz CT molecular complexity index is 465. The van der Waals surface area contributed by atoms with E-state index in [2.05, 4.69) is 5.32 Å². The molecule has 1 atom stereocenters. The molecule has 1 aromatic carbocycles. The minimum Gasteiger partial charge on any atom is -0.480 e. The van der Waals surface area contributed by atoms with Gasteiger partial charge in [-0.2, -0.15) is 0 Å². The zero-order valence-electron chi connectivity index (χ0n) is 11.5. The van der Waals surface area contributed by atoms with Crippen LogP contribution >= 0.6 is 11.6 Å². The molecule has 1 rings (SSSR count). The average Bonchev–Trinajstić information content (AvgIpc) is 2.46. The third kappa shape index (κ3) is 7.53. The van der Waals surface area contributed by atoms with E-state index in [1.165, 1.54) is 0 Å². The highest BCUT2D eigenvalue weighted by Crippen LogP contribution is 2.10. The maximum atomic E-state index is 11.4. The van der Waals surface area contributed by atoms with E-state index in [-0.39, 0.29) is 6.61 Å². The van der Waals surface area contributed by atoms with Crippen molar-refractivity contribution >= 4 is 23.7 Å². The van der Waals surface area contributed by atoms with Crippen LogP contribution in [-0.4, -0.2) is 29.8 Å². The van der Waals surface area contributed by atoms with Crippen LogP contribution in [0.3, 0.4) is 0 Å². The minimum absolute atomic E-state index is 0.174. The van der Waals surface area contributed by atoms with Crippen LogP contribution in [0.25, 0.3) is 0 Å². The fourth-order valence-electron chi connectivity index (χ4n) is 1.58. The van der Waals surface area contributed by atoms with Crippen molar-refractivity contribution in [2.75, 3.05) is 6.54 Å². The molecule has 1 aromatic rings. The van der Waals surface area contributed by atoms with E-state index in [1.54, 1.807) is 24.3 Å². The highest BCUT2D eigenvalue weighted by atomic mass is 35.5. The third-order valence-electron chi connectivity index (χ3n) is 2.81. The van der Waals surface area contributed by atoms with Crippen LogP contribution in [0.15, 0.2) is 24.3 Å². The van der Waals surface area contributed by atoms with E-state index in [0.29, 0.717) is 30.8 Å². The highest BCUT2D eigenvalue weighted by molar-refractivity contribution is 6.30. The molecule has 0 aliphatic heterocycles. The van der Waals surface area contributed by atoms with Crippen LogP contribution in [0.2, 0.25) is 5.02 Å². The van der Waals surface area contributed by atoms with Gasteiger partial charge >= 0.3 is 12.1 Å². The van der Waals surface area contributed by atoms with Crippen molar-refractivity contribution in [2.24, 2.45) is 5.73 Å². The molecule has 6 nitrogen and oxygen atoms in total. The molecule has 7 heteroatoms. The highest BCUT2D eigenvalue weighted by Gasteiger charge is 2.10. The number of hydrogen-bond acceptors (Lipinski definition) is 4. The second-order valence-electron chi connectivity index (χ2n) is 4.57. The number of halogens is 1. The molecule has 4 N–H and O–H groups in total. The first-order valence-corrected chi connectivity index (χ1v) is 7.00. The lowest BCUT2D eigenvalue weighted by Gasteiger charge is -2.08. The summed E-state index contributed by atoms with van der Waals surface area (Å²) in [5, 5.41) is 11.8. The first-order valence-electron chi connectivity index (χ1n) is 6.62. The summed E-state index contributed by atoms with van der Waals surface area (Å²) in [5.41, 5.74) is 6.21. The molecule has 0 fully saturated rings. The predicted octanol–water partition coefficient (Wildman–Crippen LogP) is 2.15. The van der Waals surface area contributed by atoms with Gasteiger partial charge in [0.1, 0.15) is 12.6 Å². The van der Waals surface area contributed by atoms with Crippen molar-refractivity contribution in [3.05, 3.63) is 34.9 Å². The zero-order valence-corrected chi connectivity index (χ0v) is 12.3. The number of aliphatic carboxylic acids is 1. The summed E-state index contributed by atoms with van der Waals surface area (Å²) in [6.45, 7) is 0.596. The fourth-order valence-corrected chi connectivity index (χ4v) is 1.71. The van der Waals surface area contributed by atoms with Gasteiger partial charge in [-0.25, -0.2) is 4.79 Å². The molecule has 116 valence electrons. The van der Waals surface area contributed by atoms with Gasteiger partial charge in [0, 0.05) is 11.6 Å². The molecule has 0 saturated heterocycles. The smallest absolute Gasteiger partial charge is 0.407 e. The van der Waals surface area contributed by atoms with Gasteiger partial charge in [-0.05, 0) is 37.0 Å². The number of carboxylic acids is 1. The molecule has 0 saturated carbocycles. The second-order valence-corrected chi connectivity index (χ2v) is 5.01. The molecule has 1 amide bonds. The lowest BCUT2D eigenvalue weighted by Crippen LogP contribution is -2.30. The van der Waals surface area contributed by atoms with Gasteiger partial charge in [-0.3, -0.25) is 4.79 Å². The largest absolute Gasteiger partial charge is 0.480 e. The standard InChI is InChI=1S/C14H19ClN2O4/c15-11-6-4-10(5-7-11)9-21-14(20)17-8-2-1-3-12(16)13(18)19/h4-7,12H,1-3,8-9,16H2,(H,17,20)(H,18,19)/t12-/m0/s1. The first kappa shape index (κ1) is 17.3. The molecule has 0 spiro atoms. The number of rotatable bonds is 8. The van der Waals surface area contributed by atoms with Gasteiger partial charge < -0.3 is 20.9 Å². The number of alkyl carbamates (subject to hydrolysis) is 1. The topological polar surface area (TPSA) is 102 Å². The second kappa shape index (κ2) is 9.20. The van der Waals surface area contributed by atoms with E-state index in [0.717, 1.165) is 5.56 Å². The Hall–Kier alpha value is -1.79. The molecule has 0 radical (unpaired) electrons. The molecular weight excluding hydrogens is 296 g/mol. The number of carbonyl (C=O) groups is 2. The summed E-state index contributed by atoms with van der Waals surface area (Å²) in [7, 11) is 0. The van der Waals surface area contributed by atoms with Crippen molar-refractivity contribution in [2.45, 2.75) is 31.9 Å². The van der Waals surface area contributed by atoms with Gasteiger partial charge in [0.2, 0.25) is 0 Å². The summed E-state index contributed by atoms with van der Waals surface area (Å²) in [6, 6.07) is 6.17. The van der Waals surface area contributed by atoms with Crippen molar-refractivity contribution in [3.63, 3.8) is 0 Å². The van der Waals surface area contributed by atoms with Crippen LogP contribution in [0.1, 0.15) is 24.8 Å². The maximum absolute atomic E-state index is 11.4. The van der Waals surface area contributed by atoms with E-state index < -0.39 is 18.1 Å². The Morgan fingerprint density at radius 1 is 1.29 bits per heavy atom. The fraction of sp³-hybridized carbons (Fsp3) is 0.429. The quantitative estimate of drug-likeness (QED) is 0.638. The maximum Gasteiger partial charge on any atom is 0.407 e. The SMILES string of the molecule is N[C@@H](CCCCNC(=O)OCc1ccc(Cl)cc1)C(=O)O. The Kier molecular flexibility index (Phi) is 7.56. The lowest BCUT2D eigenvalue weighted by molar-refractivity contribution is -0.138. The molecule has 0 aliphatic rings. The van der Waals surface area contributed by atoms with E-state index >= 15 is 0 Å². The average molecular weight is 315 g/mol. The Morgan fingerprint density at radius 2 is 1.95 bits per heavy atom. The molecule has 0 aliphatic carbocycles. The summed E-state index contributed by atoms with van der Waals surface area (Å²) >= 11 is 5.75. The molecule has 0 unspecified atom stereocenters. The summed E-state index contributed by atoms with van der Waals surface area (Å²) in [5.74, 6) is -1.01. The summed E-state index contributed by atoms with van der Waals surface area (Å²) < 4.78 is 5.02. The summed E-state index contributed by atoms with van der Waals surface area (Å²) in [6.07, 6.45) is 1.16. The van der Waals surface area contributed by atoms with E-state index in [1.807, 2.05) is 0 Å². The minimum atomic E-state index is -1.01. The Balaban J connectivity index is 2.09. The van der Waals surface area contributed by atoms with Gasteiger partial charge in [0.05, 0.1) is 0 Å². The zero-order chi connectivity index (χ0) is 15.7. The molecular formula is C14H19ClN2O4. The Labute approximate surface area is 128 Å². The number of ether oxygens (including phenoxy) is 1. The number of benzene rings is 1. The lowest BCUT2D eigenvalue weighted by atomic mass is 10.1. The number of hydrogen-bond donors (Lipinski definition) is 3. The van der Waals surface area contributed by atoms with Gasteiger partial charge in [0.25, 0.3) is 0 Å². The predicted molar refractivity (Wildman–Crippen MR) is 79.1 cm³/mol. The van der Waals surface area contributed by atoms with E-state index in [4.69, 9.17) is 27.2 Å². The van der Waals surface area contributed by atoms with Gasteiger partial charge in [-0.1, -0.05) is 23.7 Å². The molecule has 0 bridgehead atoms. The van der Waals surface area contributed by atoms with Crippen molar-refractivity contribution in [1.82, 2.24) is 5.32 Å². The molecule has 21 heavy (non-hydrogen) atoms. The van der Waals surface area contributed by atoms with Crippen LogP contribution < -0.4 is 11.1 Å². The van der Waals surface area contributed by atoms with Gasteiger partial charge in [-0.15, -0.1) is 0 Å². The monoisotopic (exact) mass is 314 g/mol. The van der Waals surface area contributed by atoms with Crippen molar-refractivity contribution in [3.8, 4) is 0 Å². The number of carbonyl (C=O) groups excluding carboxylic acids is 1. The summed E-state index contributed by atoms with van der Waals surface area (Å²) in [4.78, 5) is 21.9. The van der Waals surface area contributed by atoms with Crippen LogP contribution in [0.4, 0.5) is 4.79 Å². The van der Waals surface area contributed by atoms with Crippen molar-refractivity contribution < 1.29 is 19.4 Å². The van der Waals surface area contributed by atoms with E-state index in [9.17, 15) is 9.59 Å². The third-order valence-corrected chi connectivity index (χ3v) is 3.06. The normalized spacial score (nSPS) is 11.7. The van der Waals surface area contributed by atoms with Crippen LogP contribution in [0.5, 0.6) is 0 Å². The van der Waals surface area contributed by atoms with Crippen LogP contribution in [-0.2, 0) is 16.1 Å². The Morgan fingerprint density at radius 3 is 2.57 bits per heavy atom. The molecule has 0 heterocycles. The molecule has 0 aromatic heterocycles.